The van der Waals surface area contributed by atoms with Crippen LogP contribution >= 0.6 is 0 Å². The van der Waals surface area contributed by atoms with E-state index in [1.807, 2.05) is 19.1 Å². The van der Waals surface area contributed by atoms with Gasteiger partial charge in [-0.15, -0.1) is 0 Å². The first-order chi connectivity index (χ1) is 8.63. The van der Waals surface area contributed by atoms with Gasteiger partial charge in [-0.3, -0.25) is 20.4 Å². The molecule has 0 aliphatic rings. The third kappa shape index (κ3) is 4.99. The second-order valence-electron chi connectivity index (χ2n) is 4.33. The Morgan fingerprint density at radius 1 is 1.17 bits per heavy atom. The van der Waals surface area contributed by atoms with Crippen molar-refractivity contribution >= 4 is 11.8 Å². The van der Waals surface area contributed by atoms with E-state index < -0.39 is 0 Å². The average molecular weight is 248 g/mol. The fraction of sp³-hybridized carbons (Fsp3) is 0.429. The summed E-state index contributed by atoms with van der Waals surface area (Å²) >= 11 is 0. The lowest BCUT2D eigenvalue weighted by atomic mass is 10.1. The zero-order chi connectivity index (χ0) is 13.4. The average Bonchev–Trinajstić information content (AvgIpc) is 2.36. The predicted molar refractivity (Wildman–Crippen MR) is 70.9 cm³/mol. The van der Waals surface area contributed by atoms with E-state index >= 15 is 0 Å². The van der Waals surface area contributed by atoms with E-state index in [9.17, 15) is 9.59 Å². The molecule has 0 aromatic heterocycles. The zero-order valence-corrected chi connectivity index (χ0v) is 11.0. The van der Waals surface area contributed by atoms with Gasteiger partial charge < -0.3 is 0 Å². The van der Waals surface area contributed by atoms with Crippen LogP contribution in [-0.4, -0.2) is 11.8 Å². The van der Waals surface area contributed by atoms with Crippen LogP contribution in [0.4, 0.5) is 0 Å². The number of carbonyl (C=O) groups is 2. The summed E-state index contributed by atoms with van der Waals surface area (Å²) in [5.41, 5.74) is 6.39. The maximum absolute atomic E-state index is 11.7. The minimum Gasteiger partial charge on any atom is -0.273 e. The molecule has 0 radical (unpaired) electrons. The van der Waals surface area contributed by atoms with E-state index in [4.69, 9.17) is 0 Å². The van der Waals surface area contributed by atoms with Gasteiger partial charge in [0.2, 0.25) is 5.91 Å². The summed E-state index contributed by atoms with van der Waals surface area (Å²) in [6.45, 7) is 4.00. The predicted octanol–water partition coefficient (Wildman–Crippen LogP) is 2.34. The summed E-state index contributed by atoms with van der Waals surface area (Å²) in [4.78, 5) is 23.1. The van der Waals surface area contributed by atoms with Crippen molar-refractivity contribution in [1.29, 1.82) is 0 Å². The summed E-state index contributed by atoms with van der Waals surface area (Å²) < 4.78 is 0. The number of hydrogen-bond acceptors (Lipinski definition) is 2. The van der Waals surface area contributed by atoms with Gasteiger partial charge in [-0.2, -0.15) is 0 Å². The lowest BCUT2D eigenvalue weighted by Gasteiger charge is -2.07. The molecule has 0 atom stereocenters. The van der Waals surface area contributed by atoms with Gasteiger partial charge in [-0.1, -0.05) is 37.5 Å². The number of hydrazine groups is 1. The van der Waals surface area contributed by atoms with Crippen molar-refractivity contribution in [2.24, 2.45) is 0 Å². The van der Waals surface area contributed by atoms with E-state index in [1.54, 1.807) is 12.1 Å². The van der Waals surface area contributed by atoms with Crippen LogP contribution in [0.3, 0.4) is 0 Å². The third-order valence-corrected chi connectivity index (χ3v) is 2.60. The van der Waals surface area contributed by atoms with E-state index in [1.165, 1.54) is 0 Å². The molecule has 0 unspecified atom stereocenters. The van der Waals surface area contributed by atoms with Gasteiger partial charge in [0, 0.05) is 12.0 Å². The van der Waals surface area contributed by atoms with E-state index in [0.29, 0.717) is 12.0 Å². The molecule has 0 spiro atoms. The largest absolute Gasteiger partial charge is 0.273 e. The fourth-order valence-electron chi connectivity index (χ4n) is 1.58. The van der Waals surface area contributed by atoms with Crippen LogP contribution in [0, 0.1) is 6.92 Å². The molecule has 2 amide bonds. The maximum atomic E-state index is 11.7. The van der Waals surface area contributed by atoms with Crippen molar-refractivity contribution < 1.29 is 9.59 Å². The van der Waals surface area contributed by atoms with Crippen LogP contribution in [0.1, 0.15) is 48.5 Å². The molecule has 4 heteroatoms. The van der Waals surface area contributed by atoms with Gasteiger partial charge in [0.25, 0.3) is 5.91 Å². The quantitative estimate of drug-likeness (QED) is 0.620. The number of amides is 2. The Hall–Kier alpha value is -1.84. The molecule has 0 saturated carbocycles. The van der Waals surface area contributed by atoms with Crippen molar-refractivity contribution in [2.45, 2.75) is 39.5 Å². The second-order valence-corrected chi connectivity index (χ2v) is 4.33. The van der Waals surface area contributed by atoms with Crippen molar-refractivity contribution in [3.63, 3.8) is 0 Å². The summed E-state index contributed by atoms with van der Waals surface area (Å²) in [5.74, 6) is -0.438. The molecule has 0 heterocycles. The van der Waals surface area contributed by atoms with Gasteiger partial charge in [-0.05, 0) is 25.5 Å². The summed E-state index contributed by atoms with van der Waals surface area (Å²) in [7, 11) is 0. The van der Waals surface area contributed by atoms with E-state index in [-0.39, 0.29) is 11.8 Å². The topological polar surface area (TPSA) is 58.2 Å². The van der Waals surface area contributed by atoms with Gasteiger partial charge in [0.1, 0.15) is 0 Å². The normalized spacial score (nSPS) is 9.89. The van der Waals surface area contributed by atoms with Gasteiger partial charge in [-0.25, -0.2) is 0 Å². The van der Waals surface area contributed by atoms with Crippen molar-refractivity contribution in [3.05, 3.63) is 35.4 Å². The van der Waals surface area contributed by atoms with Crippen LogP contribution < -0.4 is 10.9 Å². The summed E-state index contributed by atoms with van der Waals surface area (Å²) in [5, 5.41) is 0. The number of unbranched alkanes of at least 4 members (excludes halogenated alkanes) is 2. The van der Waals surface area contributed by atoms with Gasteiger partial charge >= 0.3 is 0 Å². The van der Waals surface area contributed by atoms with Crippen LogP contribution in [0.25, 0.3) is 0 Å². The highest BCUT2D eigenvalue weighted by molar-refractivity contribution is 5.95. The lowest BCUT2D eigenvalue weighted by molar-refractivity contribution is -0.121. The zero-order valence-electron chi connectivity index (χ0n) is 11.0. The Bertz CT molecular complexity index is 416. The Morgan fingerprint density at radius 3 is 2.61 bits per heavy atom. The smallest absolute Gasteiger partial charge is 0.269 e. The first-order valence-corrected chi connectivity index (χ1v) is 6.29. The van der Waals surface area contributed by atoms with Crippen molar-refractivity contribution in [3.8, 4) is 0 Å². The Balaban J connectivity index is 2.35. The van der Waals surface area contributed by atoms with Crippen LogP contribution in [0.5, 0.6) is 0 Å². The molecular formula is C14H20N2O2. The third-order valence-electron chi connectivity index (χ3n) is 2.60. The standard InChI is InChI=1S/C14H20N2O2/c1-3-4-5-9-13(17)15-16-14(18)12-8-6-7-11(2)10-12/h6-8,10H,3-5,9H2,1-2H3,(H,15,17)(H,16,18). The molecule has 0 saturated heterocycles. The minimum atomic E-state index is -0.289. The van der Waals surface area contributed by atoms with Gasteiger partial charge in [0.05, 0.1) is 0 Å². The molecule has 2 N–H and O–H groups in total. The molecule has 1 aromatic carbocycles. The number of benzene rings is 1. The molecule has 0 aliphatic carbocycles. The summed E-state index contributed by atoms with van der Waals surface area (Å²) in [6, 6.07) is 7.22. The van der Waals surface area contributed by atoms with Crippen molar-refractivity contribution in [2.75, 3.05) is 0 Å². The maximum Gasteiger partial charge on any atom is 0.269 e. The Morgan fingerprint density at radius 2 is 1.94 bits per heavy atom. The molecule has 0 aliphatic heterocycles. The Labute approximate surface area is 108 Å². The van der Waals surface area contributed by atoms with Gasteiger partial charge in [0.15, 0.2) is 0 Å². The molecule has 0 bridgehead atoms. The molecule has 98 valence electrons. The number of aryl methyl sites for hydroxylation is 1. The monoisotopic (exact) mass is 248 g/mol. The highest BCUT2D eigenvalue weighted by Crippen LogP contribution is 2.03. The second kappa shape index (κ2) is 7.48. The number of rotatable bonds is 5. The summed E-state index contributed by atoms with van der Waals surface area (Å²) in [6.07, 6.45) is 3.40. The highest BCUT2D eigenvalue weighted by atomic mass is 16.2. The van der Waals surface area contributed by atoms with E-state index in [0.717, 1.165) is 24.8 Å². The highest BCUT2D eigenvalue weighted by Gasteiger charge is 2.06. The molecular weight excluding hydrogens is 228 g/mol. The lowest BCUT2D eigenvalue weighted by Crippen LogP contribution is -2.41. The number of carbonyl (C=O) groups excluding carboxylic acids is 2. The minimum absolute atomic E-state index is 0.149. The first kappa shape index (κ1) is 14.2. The molecule has 1 rings (SSSR count). The molecule has 4 nitrogen and oxygen atoms in total. The fourth-order valence-corrected chi connectivity index (χ4v) is 1.58. The van der Waals surface area contributed by atoms with Crippen molar-refractivity contribution in [1.82, 2.24) is 10.9 Å². The molecule has 0 fully saturated rings. The Kier molecular flexibility index (Phi) is 5.91. The number of hydrogen-bond donors (Lipinski definition) is 2. The van der Waals surface area contributed by atoms with E-state index in [2.05, 4.69) is 17.8 Å². The van der Waals surface area contributed by atoms with Crippen LogP contribution in [-0.2, 0) is 4.79 Å². The molecule has 1 aromatic rings. The number of nitrogens with one attached hydrogen (secondary N) is 2. The SMILES string of the molecule is CCCCCC(=O)NNC(=O)c1cccc(C)c1. The van der Waals surface area contributed by atoms with Crippen LogP contribution in [0.2, 0.25) is 0 Å². The first-order valence-electron chi connectivity index (χ1n) is 6.29. The molecule has 18 heavy (non-hydrogen) atoms. The van der Waals surface area contributed by atoms with Crippen LogP contribution in [0.15, 0.2) is 24.3 Å².